The maximum Gasteiger partial charge on any atom is 0.274 e. The van der Waals surface area contributed by atoms with Crippen LogP contribution in [0.2, 0.25) is 0 Å². The summed E-state index contributed by atoms with van der Waals surface area (Å²) in [5, 5.41) is 10.5. The quantitative estimate of drug-likeness (QED) is 0.286. The van der Waals surface area contributed by atoms with E-state index in [1.54, 1.807) is 23.0 Å². The molecule has 0 unspecified atom stereocenters. The van der Waals surface area contributed by atoms with Crippen molar-refractivity contribution in [2.75, 3.05) is 23.7 Å². The molecule has 0 aliphatic rings. The SMILES string of the molecule is NCCNc1cccc(NC(=O)c2ccn3ncc(-c4ccc(OCc5ccccc5)cc4)c3n2)c1. The zero-order chi connectivity index (χ0) is 24.7. The lowest BCUT2D eigenvalue weighted by molar-refractivity contribution is 0.102. The van der Waals surface area contributed by atoms with Gasteiger partial charge in [-0.2, -0.15) is 5.10 Å². The first-order valence-corrected chi connectivity index (χ1v) is 11.7. The third-order valence-electron chi connectivity index (χ3n) is 5.61. The van der Waals surface area contributed by atoms with E-state index >= 15 is 0 Å². The smallest absolute Gasteiger partial charge is 0.274 e. The van der Waals surface area contributed by atoms with Crippen LogP contribution in [0.15, 0.2) is 97.3 Å². The van der Waals surface area contributed by atoms with Crippen LogP contribution in [-0.2, 0) is 6.61 Å². The molecule has 3 aromatic carbocycles. The molecule has 8 nitrogen and oxygen atoms in total. The molecule has 0 saturated carbocycles. The number of fused-ring (bicyclic) bond motifs is 1. The summed E-state index contributed by atoms with van der Waals surface area (Å²) in [6.45, 7) is 1.68. The molecule has 5 aromatic rings. The summed E-state index contributed by atoms with van der Waals surface area (Å²) >= 11 is 0. The van der Waals surface area contributed by atoms with Crippen molar-refractivity contribution in [1.29, 1.82) is 0 Å². The van der Waals surface area contributed by atoms with Gasteiger partial charge in [-0.1, -0.05) is 48.5 Å². The van der Waals surface area contributed by atoms with Crippen LogP contribution in [0.4, 0.5) is 11.4 Å². The minimum atomic E-state index is -0.301. The van der Waals surface area contributed by atoms with Crippen LogP contribution >= 0.6 is 0 Å². The van der Waals surface area contributed by atoms with E-state index in [1.165, 1.54) is 0 Å². The number of aromatic nitrogens is 3. The molecule has 2 aromatic heterocycles. The van der Waals surface area contributed by atoms with Gasteiger partial charge < -0.3 is 21.1 Å². The van der Waals surface area contributed by atoms with Gasteiger partial charge in [-0.05, 0) is 47.5 Å². The number of nitrogens with two attached hydrogens (primary N) is 1. The molecule has 0 spiro atoms. The van der Waals surface area contributed by atoms with Gasteiger partial charge in [0.2, 0.25) is 0 Å². The average Bonchev–Trinajstić information content (AvgIpc) is 3.35. The number of nitrogens with zero attached hydrogens (tertiary/aromatic N) is 3. The molecule has 36 heavy (non-hydrogen) atoms. The van der Waals surface area contributed by atoms with E-state index in [2.05, 4.69) is 20.7 Å². The van der Waals surface area contributed by atoms with Crippen molar-refractivity contribution in [2.24, 2.45) is 5.73 Å². The molecule has 0 aliphatic heterocycles. The highest BCUT2D eigenvalue weighted by Crippen LogP contribution is 2.26. The van der Waals surface area contributed by atoms with Crippen LogP contribution < -0.4 is 21.1 Å². The molecule has 180 valence electrons. The standard InChI is InChI=1S/C28H26N6O2/c29-14-15-30-22-7-4-8-23(17-22)32-28(35)26-13-16-34-27(33-26)25(18-31-34)21-9-11-24(12-10-21)36-19-20-5-2-1-3-6-20/h1-13,16-18,30H,14-15,19,29H2,(H,32,35). The lowest BCUT2D eigenvalue weighted by Crippen LogP contribution is -2.15. The topological polar surface area (TPSA) is 107 Å². The van der Waals surface area contributed by atoms with Gasteiger partial charge in [-0.3, -0.25) is 4.79 Å². The molecule has 0 fully saturated rings. The maximum absolute atomic E-state index is 12.9. The summed E-state index contributed by atoms with van der Waals surface area (Å²) < 4.78 is 7.55. The lowest BCUT2D eigenvalue weighted by atomic mass is 10.1. The Balaban J connectivity index is 1.32. The predicted molar refractivity (Wildman–Crippen MR) is 141 cm³/mol. The first kappa shape index (κ1) is 23.1. The normalized spacial score (nSPS) is 10.8. The number of hydrogen-bond donors (Lipinski definition) is 3. The Labute approximate surface area is 208 Å². The molecule has 2 heterocycles. The van der Waals surface area contributed by atoms with E-state index in [1.807, 2.05) is 78.9 Å². The van der Waals surface area contributed by atoms with E-state index < -0.39 is 0 Å². The maximum atomic E-state index is 12.9. The second kappa shape index (κ2) is 10.7. The van der Waals surface area contributed by atoms with Crippen molar-refractivity contribution in [1.82, 2.24) is 14.6 Å². The zero-order valence-corrected chi connectivity index (χ0v) is 19.6. The van der Waals surface area contributed by atoms with Crippen molar-refractivity contribution in [2.45, 2.75) is 6.61 Å². The first-order valence-electron chi connectivity index (χ1n) is 11.7. The molecule has 0 saturated heterocycles. The molecule has 1 amide bonds. The van der Waals surface area contributed by atoms with Crippen LogP contribution in [0.25, 0.3) is 16.8 Å². The van der Waals surface area contributed by atoms with Gasteiger partial charge in [-0.25, -0.2) is 9.50 Å². The monoisotopic (exact) mass is 478 g/mol. The third-order valence-corrected chi connectivity index (χ3v) is 5.61. The van der Waals surface area contributed by atoms with E-state index in [0.29, 0.717) is 36.7 Å². The highest BCUT2D eigenvalue weighted by molar-refractivity contribution is 6.03. The number of rotatable bonds is 9. The van der Waals surface area contributed by atoms with Crippen molar-refractivity contribution in [3.05, 3.63) is 109 Å². The Kier molecular flexibility index (Phi) is 6.86. The summed E-state index contributed by atoms with van der Waals surface area (Å²) in [5.74, 6) is 0.473. The summed E-state index contributed by atoms with van der Waals surface area (Å²) in [4.78, 5) is 17.5. The Bertz CT molecular complexity index is 1460. The Morgan fingerprint density at radius 1 is 0.944 bits per heavy atom. The van der Waals surface area contributed by atoms with E-state index in [0.717, 1.165) is 28.1 Å². The van der Waals surface area contributed by atoms with Gasteiger partial charge in [0.05, 0.1) is 6.20 Å². The molecular weight excluding hydrogens is 452 g/mol. The third kappa shape index (κ3) is 5.34. The second-order valence-corrected chi connectivity index (χ2v) is 8.19. The fraction of sp³-hybridized carbons (Fsp3) is 0.107. The molecule has 0 radical (unpaired) electrons. The van der Waals surface area contributed by atoms with Crippen LogP contribution in [0, 0.1) is 0 Å². The van der Waals surface area contributed by atoms with Gasteiger partial charge in [0, 0.05) is 36.2 Å². The van der Waals surface area contributed by atoms with E-state index in [4.69, 9.17) is 10.5 Å². The van der Waals surface area contributed by atoms with Gasteiger partial charge in [-0.15, -0.1) is 0 Å². The number of amides is 1. The largest absolute Gasteiger partial charge is 0.489 e. The number of ether oxygens (including phenoxy) is 1. The number of carbonyl (C=O) groups is 1. The highest BCUT2D eigenvalue weighted by Gasteiger charge is 2.14. The van der Waals surface area contributed by atoms with E-state index in [9.17, 15) is 4.79 Å². The molecule has 5 rings (SSSR count). The van der Waals surface area contributed by atoms with Gasteiger partial charge in [0.1, 0.15) is 18.1 Å². The number of anilines is 2. The van der Waals surface area contributed by atoms with Crippen LogP contribution in [0.3, 0.4) is 0 Å². The fourth-order valence-corrected chi connectivity index (χ4v) is 3.79. The van der Waals surface area contributed by atoms with Gasteiger partial charge in [0.15, 0.2) is 5.65 Å². The predicted octanol–water partition coefficient (Wildman–Crippen LogP) is 4.60. The summed E-state index contributed by atoms with van der Waals surface area (Å²) in [6, 6.07) is 26.9. The van der Waals surface area contributed by atoms with Crippen molar-refractivity contribution in [3.8, 4) is 16.9 Å². The summed E-state index contributed by atoms with van der Waals surface area (Å²) in [6.07, 6.45) is 3.48. The zero-order valence-electron chi connectivity index (χ0n) is 19.6. The molecule has 0 aliphatic carbocycles. The average molecular weight is 479 g/mol. The molecule has 8 heteroatoms. The minimum absolute atomic E-state index is 0.299. The van der Waals surface area contributed by atoms with Crippen LogP contribution in [-0.4, -0.2) is 33.6 Å². The molecule has 0 bridgehead atoms. The van der Waals surface area contributed by atoms with Crippen LogP contribution in [0.5, 0.6) is 5.75 Å². The lowest BCUT2D eigenvalue weighted by Gasteiger charge is -2.09. The van der Waals surface area contributed by atoms with E-state index in [-0.39, 0.29) is 5.91 Å². The first-order chi connectivity index (χ1) is 17.7. The Morgan fingerprint density at radius 2 is 1.75 bits per heavy atom. The fourth-order valence-electron chi connectivity index (χ4n) is 3.79. The molecular formula is C28H26N6O2. The Hall–Kier alpha value is -4.69. The highest BCUT2D eigenvalue weighted by atomic mass is 16.5. The molecule has 0 atom stereocenters. The molecule has 4 N–H and O–H groups in total. The number of nitrogens with one attached hydrogen (secondary N) is 2. The number of carbonyl (C=O) groups excluding carboxylic acids is 1. The van der Waals surface area contributed by atoms with Gasteiger partial charge in [0.25, 0.3) is 5.91 Å². The van der Waals surface area contributed by atoms with Crippen molar-refractivity contribution >= 4 is 22.9 Å². The summed E-state index contributed by atoms with van der Waals surface area (Å²) in [5.41, 5.74) is 10.9. The van der Waals surface area contributed by atoms with Gasteiger partial charge >= 0.3 is 0 Å². The van der Waals surface area contributed by atoms with Crippen molar-refractivity contribution in [3.63, 3.8) is 0 Å². The summed E-state index contributed by atoms with van der Waals surface area (Å²) in [7, 11) is 0. The van der Waals surface area contributed by atoms with Crippen molar-refractivity contribution < 1.29 is 9.53 Å². The van der Waals surface area contributed by atoms with Crippen LogP contribution in [0.1, 0.15) is 16.1 Å². The number of benzene rings is 3. The Morgan fingerprint density at radius 3 is 2.56 bits per heavy atom. The second-order valence-electron chi connectivity index (χ2n) is 8.19. The number of hydrogen-bond acceptors (Lipinski definition) is 6. The minimum Gasteiger partial charge on any atom is -0.489 e.